The van der Waals surface area contributed by atoms with Crippen molar-refractivity contribution < 1.29 is 19.1 Å². The molecule has 2 aromatic heterocycles. The van der Waals surface area contributed by atoms with Crippen LogP contribution in [-0.4, -0.2) is 71.0 Å². The van der Waals surface area contributed by atoms with Crippen molar-refractivity contribution in [2.75, 3.05) is 25.0 Å². The number of likely N-dealkylation sites (tertiary alicyclic amines) is 1. The van der Waals surface area contributed by atoms with Gasteiger partial charge < -0.3 is 24.3 Å². The fraction of sp³-hybridized carbons (Fsp3) is 0.680. The summed E-state index contributed by atoms with van der Waals surface area (Å²) in [5.41, 5.74) is 0.881. The molecule has 0 aliphatic carbocycles. The molecular weight excluding hydrogens is 476 g/mol. The largest absolute Gasteiger partial charge is 0.444 e. The maximum atomic E-state index is 12.6. The summed E-state index contributed by atoms with van der Waals surface area (Å²) in [5.74, 6) is 0.380. The Morgan fingerprint density at radius 1 is 1.22 bits per heavy atom. The number of hydrogen-bond acceptors (Lipinski definition) is 6. The lowest BCUT2D eigenvalue weighted by Gasteiger charge is -2.36. The number of piperidine rings is 1. The molecule has 1 aliphatic heterocycles. The molecule has 1 unspecified atom stereocenters. The summed E-state index contributed by atoms with van der Waals surface area (Å²) in [6, 6.07) is 2.68. The Bertz CT molecular complexity index is 1030. The summed E-state index contributed by atoms with van der Waals surface area (Å²) >= 11 is 0. The molecule has 0 saturated carbocycles. The molecule has 2 N–H and O–H groups in total. The number of fused-ring (bicyclic) bond motifs is 1. The number of nitrogens with zero attached hydrogens (tertiary/aromatic N) is 4. The van der Waals surface area contributed by atoms with E-state index in [0.29, 0.717) is 43.2 Å². The average Bonchev–Trinajstić information content (AvgIpc) is 3.17. The highest BCUT2D eigenvalue weighted by atomic mass is 28.3. The molecule has 1 fully saturated rings. The number of carbonyl (C=O) groups is 2. The SMILES string of the molecule is CC(C)(C)OC(=O)N1CCCCC1CCNC(=O)Nc1cnc2c(ccn2COCC[Si](C)(C)C)n1. The summed E-state index contributed by atoms with van der Waals surface area (Å²) in [4.78, 5) is 35.8. The van der Waals surface area contributed by atoms with Gasteiger partial charge in [-0.25, -0.2) is 19.6 Å². The normalized spacial score (nSPS) is 16.7. The summed E-state index contributed by atoms with van der Waals surface area (Å²) in [7, 11) is -1.12. The molecule has 2 aromatic rings. The van der Waals surface area contributed by atoms with Crippen LogP contribution in [0.25, 0.3) is 11.2 Å². The molecule has 1 aliphatic rings. The van der Waals surface area contributed by atoms with E-state index in [1.807, 2.05) is 37.6 Å². The lowest BCUT2D eigenvalue weighted by molar-refractivity contribution is 0.00905. The van der Waals surface area contributed by atoms with Crippen molar-refractivity contribution in [3.63, 3.8) is 0 Å². The third-order valence-electron chi connectivity index (χ3n) is 5.95. The highest BCUT2D eigenvalue weighted by Crippen LogP contribution is 2.22. The van der Waals surface area contributed by atoms with Crippen LogP contribution in [0.2, 0.25) is 25.7 Å². The number of nitrogens with one attached hydrogen (secondary N) is 2. The second kappa shape index (κ2) is 12.0. The Balaban J connectivity index is 1.46. The second-order valence-electron chi connectivity index (χ2n) is 11.6. The molecule has 0 spiro atoms. The monoisotopic (exact) mass is 518 g/mol. The molecule has 0 bridgehead atoms. The highest BCUT2D eigenvalue weighted by Gasteiger charge is 2.30. The first kappa shape index (κ1) is 27.9. The van der Waals surface area contributed by atoms with Crippen LogP contribution in [0.3, 0.4) is 0 Å². The minimum atomic E-state index is -1.12. The highest BCUT2D eigenvalue weighted by molar-refractivity contribution is 6.76. The predicted octanol–water partition coefficient (Wildman–Crippen LogP) is 5.04. The topological polar surface area (TPSA) is 111 Å². The number of ether oxygens (including phenoxy) is 2. The van der Waals surface area contributed by atoms with Gasteiger partial charge in [-0.3, -0.25) is 5.32 Å². The summed E-state index contributed by atoms with van der Waals surface area (Å²) < 4.78 is 13.3. The molecule has 0 aromatic carbocycles. The van der Waals surface area contributed by atoms with Crippen LogP contribution in [0.1, 0.15) is 46.5 Å². The third-order valence-corrected chi connectivity index (χ3v) is 7.65. The van der Waals surface area contributed by atoms with Crippen molar-refractivity contribution in [2.24, 2.45) is 0 Å². The maximum absolute atomic E-state index is 12.6. The van der Waals surface area contributed by atoms with E-state index >= 15 is 0 Å². The Morgan fingerprint density at radius 2 is 2.00 bits per heavy atom. The van der Waals surface area contributed by atoms with Crippen LogP contribution in [0.5, 0.6) is 0 Å². The van der Waals surface area contributed by atoms with Crippen molar-refractivity contribution in [3.05, 3.63) is 18.5 Å². The van der Waals surface area contributed by atoms with Crippen LogP contribution in [-0.2, 0) is 16.2 Å². The Kier molecular flexibility index (Phi) is 9.34. The fourth-order valence-electron chi connectivity index (χ4n) is 4.04. The molecule has 3 heterocycles. The smallest absolute Gasteiger partial charge is 0.410 e. The summed E-state index contributed by atoms with van der Waals surface area (Å²) in [5, 5.41) is 5.62. The van der Waals surface area contributed by atoms with Gasteiger partial charge >= 0.3 is 12.1 Å². The predicted molar refractivity (Wildman–Crippen MR) is 144 cm³/mol. The van der Waals surface area contributed by atoms with Crippen LogP contribution >= 0.6 is 0 Å². The van der Waals surface area contributed by atoms with Crippen LogP contribution in [0.15, 0.2) is 18.5 Å². The second-order valence-corrected chi connectivity index (χ2v) is 17.2. The van der Waals surface area contributed by atoms with Crippen LogP contribution < -0.4 is 10.6 Å². The van der Waals surface area contributed by atoms with Crippen LogP contribution in [0, 0.1) is 0 Å². The molecule has 11 heteroatoms. The van der Waals surface area contributed by atoms with Gasteiger partial charge in [-0.15, -0.1) is 0 Å². The first-order valence-electron chi connectivity index (χ1n) is 12.9. The lowest BCUT2D eigenvalue weighted by Crippen LogP contribution is -2.47. The third kappa shape index (κ3) is 8.77. The number of aromatic nitrogens is 3. The van der Waals surface area contributed by atoms with Gasteiger partial charge in [0, 0.05) is 40.0 Å². The fourth-order valence-corrected chi connectivity index (χ4v) is 4.80. The zero-order valence-corrected chi connectivity index (χ0v) is 23.6. The van der Waals surface area contributed by atoms with Crippen molar-refractivity contribution in [1.29, 1.82) is 0 Å². The van der Waals surface area contributed by atoms with E-state index < -0.39 is 13.7 Å². The molecular formula is C25H42N6O4Si. The number of carbonyl (C=O) groups excluding carboxylic acids is 2. The lowest BCUT2D eigenvalue weighted by atomic mass is 10.00. The van der Waals surface area contributed by atoms with Gasteiger partial charge in [-0.2, -0.15) is 0 Å². The summed E-state index contributed by atoms with van der Waals surface area (Å²) in [6.45, 7) is 14.9. The summed E-state index contributed by atoms with van der Waals surface area (Å²) in [6.07, 6.45) is 6.76. The molecule has 0 radical (unpaired) electrons. The van der Waals surface area contributed by atoms with Gasteiger partial charge in [0.2, 0.25) is 0 Å². The maximum Gasteiger partial charge on any atom is 0.410 e. The zero-order valence-electron chi connectivity index (χ0n) is 22.6. The van der Waals surface area contributed by atoms with E-state index in [9.17, 15) is 9.59 Å². The van der Waals surface area contributed by atoms with Crippen molar-refractivity contribution in [3.8, 4) is 0 Å². The minimum absolute atomic E-state index is 0.0535. The van der Waals surface area contributed by atoms with Gasteiger partial charge in [0.25, 0.3) is 0 Å². The van der Waals surface area contributed by atoms with Crippen LogP contribution in [0.4, 0.5) is 15.4 Å². The van der Waals surface area contributed by atoms with Gasteiger partial charge in [-0.1, -0.05) is 19.6 Å². The minimum Gasteiger partial charge on any atom is -0.444 e. The zero-order chi connectivity index (χ0) is 26.3. The van der Waals surface area contributed by atoms with E-state index in [0.717, 1.165) is 31.9 Å². The van der Waals surface area contributed by atoms with E-state index in [1.54, 1.807) is 11.1 Å². The Labute approximate surface area is 215 Å². The molecule has 36 heavy (non-hydrogen) atoms. The first-order chi connectivity index (χ1) is 16.9. The van der Waals surface area contributed by atoms with Crippen molar-refractivity contribution in [1.82, 2.24) is 24.8 Å². The average molecular weight is 519 g/mol. The number of anilines is 1. The first-order valence-corrected chi connectivity index (χ1v) is 16.6. The Hall–Kier alpha value is -2.66. The van der Waals surface area contributed by atoms with Gasteiger partial charge in [0.05, 0.1) is 6.20 Å². The van der Waals surface area contributed by atoms with Gasteiger partial charge in [0.15, 0.2) is 11.5 Å². The van der Waals surface area contributed by atoms with E-state index in [4.69, 9.17) is 9.47 Å². The number of amides is 3. The van der Waals surface area contributed by atoms with E-state index in [-0.39, 0.29) is 18.2 Å². The quantitative estimate of drug-likeness (QED) is 0.355. The molecule has 200 valence electrons. The number of rotatable bonds is 9. The van der Waals surface area contributed by atoms with Crippen molar-refractivity contribution >= 4 is 37.2 Å². The van der Waals surface area contributed by atoms with Crippen molar-refractivity contribution in [2.45, 2.75) is 90.5 Å². The molecule has 3 rings (SSSR count). The number of urea groups is 1. The number of hydrogen-bond donors (Lipinski definition) is 2. The van der Waals surface area contributed by atoms with Gasteiger partial charge in [-0.05, 0) is 58.6 Å². The molecule has 10 nitrogen and oxygen atoms in total. The van der Waals surface area contributed by atoms with E-state index in [1.165, 1.54) is 0 Å². The van der Waals surface area contributed by atoms with Gasteiger partial charge in [0.1, 0.15) is 17.8 Å². The Morgan fingerprint density at radius 3 is 2.72 bits per heavy atom. The standard InChI is InChI=1S/C25H42N6O4Si/c1-25(2,3)35-24(33)31-13-8-7-9-19(31)10-12-26-23(32)29-21-17-27-22-20(28-21)11-14-30(22)18-34-15-16-36(4,5)6/h11,14,17,19H,7-10,12-13,15-16,18H2,1-6H3,(H2,26,28,29,32). The molecule has 3 amide bonds. The molecule has 1 saturated heterocycles. The van der Waals surface area contributed by atoms with E-state index in [2.05, 4.69) is 40.2 Å². The molecule has 1 atom stereocenters.